The average molecular weight is 1220 g/mol. The Labute approximate surface area is 536 Å². The van der Waals surface area contributed by atoms with Gasteiger partial charge in [-0.05, 0) is 147 Å². The first kappa shape index (κ1) is 62.2. The molecular weight excluding hydrogens is 1140 g/mol. The Bertz CT molecular complexity index is 4240. The zero-order chi connectivity index (χ0) is 64.4. The van der Waals surface area contributed by atoms with Crippen LogP contribution in [-0.4, -0.2) is 49.7 Å². The van der Waals surface area contributed by atoms with Gasteiger partial charge in [0.05, 0.1) is 0 Å². The van der Waals surface area contributed by atoms with Crippen LogP contribution in [0.1, 0.15) is 114 Å². The Morgan fingerprint density at radius 2 is 0.848 bits per heavy atom. The molecule has 7 aromatic carbocycles. The second kappa shape index (κ2) is 28.0. The highest BCUT2D eigenvalue weighted by atomic mass is 16.3. The number of carbonyl (C=O) groups excluding carboxylic acids is 5. The molecule has 15 rings (SSSR count). The molecule has 0 saturated heterocycles. The lowest BCUT2D eigenvalue weighted by molar-refractivity contribution is -0.456. The van der Waals surface area contributed by atoms with Gasteiger partial charge in [-0.1, -0.05) is 168 Å². The molecule has 0 spiro atoms. The van der Waals surface area contributed by atoms with Crippen LogP contribution in [0.15, 0.2) is 235 Å². The summed E-state index contributed by atoms with van der Waals surface area (Å²) in [5.41, 5.74) is 19.6. The third-order valence-corrected chi connectivity index (χ3v) is 16.3. The van der Waals surface area contributed by atoms with E-state index >= 15 is 0 Å². The van der Waals surface area contributed by atoms with Crippen LogP contribution in [0.5, 0.6) is 0 Å². The third-order valence-electron chi connectivity index (χ3n) is 16.3. The number of amides is 4. The summed E-state index contributed by atoms with van der Waals surface area (Å²) in [6.45, 7) is 15.1. The summed E-state index contributed by atoms with van der Waals surface area (Å²) in [7, 11) is 0. The fraction of sp³-hybridized carbons (Fsp3) is 0.154. The molecule has 92 heavy (non-hydrogen) atoms. The lowest BCUT2D eigenvalue weighted by Gasteiger charge is -2.33. The zero-order valence-electron chi connectivity index (χ0n) is 52.3. The van der Waals surface area contributed by atoms with Gasteiger partial charge in [0.2, 0.25) is 11.4 Å². The van der Waals surface area contributed by atoms with E-state index < -0.39 is 23.6 Å². The van der Waals surface area contributed by atoms with Crippen molar-refractivity contribution >= 4 is 57.8 Å². The van der Waals surface area contributed by atoms with Crippen LogP contribution in [0, 0.1) is 41.5 Å². The van der Waals surface area contributed by atoms with Crippen molar-refractivity contribution in [3.05, 3.63) is 330 Å². The van der Waals surface area contributed by atoms with Crippen molar-refractivity contribution in [2.24, 2.45) is 0 Å². The highest BCUT2D eigenvalue weighted by Crippen LogP contribution is 2.39. The molecule has 0 fully saturated rings. The number of pyridine rings is 2. The van der Waals surface area contributed by atoms with Gasteiger partial charge in [0.1, 0.15) is 22.8 Å². The number of ketones is 1. The lowest BCUT2D eigenvalue weighted by atomic mass is 9.80. The topological polar surface area (TPSA) is 189 Å². The maximum atomic E-state index is 13.6. The number of nitrogens with zero attached hydrogens (tertiary/aromatic N) is 4. The summed E-state index contributed by atoms with van der Waals surface area (Å²) in [5, 5.41) is 24.9. The van der Waals surface area contributed by atoms with Gasteiger partial charge in [-0.15, -0.1) is 0 Å². The zero-order valence-corrected chi connectivity index (χ0v) is 52.3. The molecule has 6 aliphatic rings. The minimum Gasteiger partial charge on any atom is -0.871 e. The summed E-state index contributed by atoms with van der Waals surface area (Å²) >= 11 is 0. The number of aryl methyl sites for hydroxylation is 6. The molecule has 2 aromatic heterocycles. The predicted molar refractivity (Wildman–Crippen MR) is 358 cm³/mol. The Morgan fingerprint density at radius 3 is 1.27 bits per heavy atom. The molecular formula is C78H70N8O6. The monoisotopic (exact) mass is 1210 g/mol. The van der Waals surface area contributed by atoms with Crippen LogP contribution >= 0.6 is 0 Å². The average Bonchev–Trinajstić information content (AvgIpc) is 0.751. The number of aromatic nitrogens is 2. The summed E-state index contributed by atoms with van der Waals surface area (Å²) in [6.07, 6.45) is 7.83. The smallest absolute Gasteiger partial charge is 0.270 e. The van der Waals surface area contributed by atoms with Gasteiger partial charge in [-0.2, -0.15) is 4.58 Å². The molecule has 4 amide bonds. The molecule has 0 radical (unpaired) electrons. The normalized spacial score (nSPS) is 14.2. The third kappa shape index (κ3) is 14.8. The summed E-state index contributed by atoms with van der Waals surface area (Å²) in [4.78, 5) is 75.1. The van der Waals surface area contributed by atoms with Gasteiger partial charge in [0, 0.05) is 84.6 Å². The van der Waals surface area contributed by atoms with Crippen LogP contribution in [0.2, 0.25) is 0 Å². The van der Waals surface area contributed by atoms with Crippen molar-refractivity contribution in [1.29, 1.82) is 0 Å². The number of allylic oxidation sites excluding steroid dienone is 7. The van der Waals surface area contributed by atoms with Gasteiger partial charge in [-0.25, -0.2) is 9.97 Å². The molecule has 0 saturated carbocycles. The summed E-state index contributed by atoms with van der Waals surface area (Å²) in [5.74, 6) is -2.01. The van der Waals surface area contributed by atoms with Gasteiger partial charge < -0.3 is 31.3 Å². The molecule has 6 heterocycles. The van der Waals surface area contributed by atoms with Crippen LogP contribution in [-0.2, 0) is 44.1 Å². The first-order valence-corrected chi connectivity index (χ1v) is 30.6. The van der Waals surface area contributed by atoms with Gasteiger partial charge >= 0.3 is 0 Å². The van der Waals surface area contributed by atoms with Crippen LogP contribution in [0.25, 0.3) is 5.57 Å². The maximum Gasteiger partial charge on any atom is 0.270 e. The van der Waals surface area contributed by atoms with Crippen molar-refractivity contribution in [3.63, 3.8) is 0 Å². The standard InChI is InChI=1S/C48H44N2O2.C30H26N6O4/c1-31-7-13-37(14-8-31)29-49(43-25-11-33(3)27-35(43)5)41-21-17-39(18-22-41)45-47(51)46(48(45)52)40-19-23-42(24-20-40)50(30-38-15-9-32(2)10-16-38)44-26-12-34(4)28-36(44)6;37-27-23-3-1-4-24(35-23)28(38)32-16-20-9-13-22(14-10-20)18-34-30(40)26-6-2-5-25(36-26)29(39)33-17-21-11-7-19(8-12-21)15-31-27/h7-28H,29-30H2,1-6H3;1-14H,15-18H2,(H,31,37)(H,32,38)(H,33,39)(H,34,40). The van der Waals surface area contributed by atoms with E-state index in [-0.39, 0.29) is 71.6 Å². The van der Waals surface area contributed by atoms with Crippen molar-refractivity contribution < 1.29 is 33.7 Å². The number of nitrogens with one attached hydrogen (secondary N) is 4. The number of Topliss-reactive ketones (excluding diaryl/α,β-unsaturated/α-hetero) is 1. The molecule has 0 unspecified atom stereocenters. The Hall–Kier alpha value is -11.4. The number of hydrogen-bond acceptors (Lipinski definition) is 9. The fourth-order valence-electron chi connectivity index (χ4n) is 11.2. The van der Waals surface area contributed by atoms with Crippen molar-refractivity contribution in [1.82, 2.24) is 31.2 Å². The number of anilines is 2. The largest absolute Gasteiger partial charge is 0.871 e. The highest BCUT2D eigenvalue weighted by Gasteiger charge is 2.31. The van der Waals surface area contributed by atoms with E-state index in [2.05, 4.69) is 167 Å². The summed E-state index contributed by atoms with van der Waals surface area (Å²) < 4.78 is 2.29. The molecule has 4 N–H and O–H groups in total. The van der Waals surface area contributed by atoms with Crippen molar-refractivity contribution in [3.8, 4) is 0 Å². The van der Waals surface area contributed by atoms with Crippen LogP contribution < -0.4 is 31.3 Å². The number of carbonyl (C=O) groups is 5. The molecule has 458 valence electrons. The Balaban J connectivity index is 0.000000195. The van der Waals surface area contributed by atoms with Crippen LogP contribution in [0.3, 0.4) is 0 Å². The van der Waals surface area contributed by atoms with E-state index in [9.17, 15) is 29.1 Å². The fourth-order valence-corrected chi connectivity index (χ4v) is 11.2. The Morgan fingerprint density at radius 1 is 0.435 bits per heavy atom. The van der Waals surface area contributed by atoms with Gasteiger partial charge in [-0.3, -0.25) is 24.0 Å². The molecule has 8 bridgehead atoms. The molecule has 9 aromatic rings. The maximum absolute atomic E-state index is 13.6. The second-order valence-electron chi connectivity index (χ2n) is 23.4. The lowest BCUT2D eigenvalue weighted by Crippen LogP contribution is -2.30. The highest BCUT2D eigenvalue weighted by molar-refractivity contribution is 6.39. The van der Waals surface area contributed by atoms with Crippen molar-refractivity contribution in [2.75, 3.05) is 4.90 Å². The van der Waals surface area contributed by atoms with E-state index in [1.165, 1.54) is 44.5 Å². The van der Waals surface area contributed by atoms with Crippen molar-refractivity contribution in [2.45, 2.75) is 80.8 Å². The molecule has 2 aliphatic carbocycles. The first-order chi connectivity index (χ1) is 44.5. The minimum absolute atomic E-state index is 0.137. The van der Waals surface area contributed by atoms with E-state index in [0.717, 1.165) is 45.0 Å². The molecule has 0 atom stereocenters. The second-order valence-corrected chi connectivity index (χ2v) is 23.4. The molecule has 14 heteroatoms. The predicted octanol–water partition coefficient (Wildman–Crippen LogP) is 12.4. The van der Waals surface area contributed by atoms with Gasteiger partial charge in [0.25, 0.3) is 23.6 Å². The number of benzene rings is 7. The molecule has 14 nitrogen and oxygen atoms in total. The SMILES string of the molecule is Cc1ccc(CN(c2ccc(C3=C([O-])C(=C4C=CC(=[N+](Cc5ccc(C)cc5)c5ccc(C)cc5C)C=C4)C3=O)cc2)c2ccc(C)cc2C)cc1.O=C1NCc2ccc(cc2)CNC(=O)c2cccc(n2)C(=O)NCc2ccc(cc2)CNC(=O)c2cccc1n2. The van der Waals surface area contributed by atoms with Gasteiger partial charge in [0.15, 0.2) is 12.3 Å². The first-order valence-electron chi connectivity index (χ1n) is 30.6. The molecule has 4 aliphatic heterocycles. The Kier molecular flexibility index (Phi) is 18.9. The van der Waals surface area contributed by atoms with E-state index in [1.807, 2.05) is 97.1 Å². The summed E-state index contributed by atoms with van der Waals surface area (Å²) in [6, 6.07) is 62.2. The van der Waals surface area contributed by atoms with E-state index in [1.54, 1.807) is 36.4 Å². The van der Waals surface area contributed by atoms with Crippen LogP contribution in [0.4, 0.5) is 17.1 Å². The quantitative estimate of drug-likeness (QED) is 0.0848. The van der Waals surface area contributed by atoms with E-state index in [4.69, 9.17) is 0 Å². The number of hydrogen-bond donors (Lipinski definition) is 4. The minimum atomic E-state index is -0.398. The van der Waals surface area contributed by atoms with E-state index in [0.29, 0.717) is 24.2 Å². The number of rotatable bonds is 8.